The zero-order valence-electron chi connectivity index (χ0n) is 9.51. The van der Waals surface area contributed by atoms with Crippen molar-refractivity contribution in [2.24, 2.45) is 0 Å². The van der Waals surface area contributed by atoms with Gasteiger partial charge >= 0.3 is 5.76 Å². The van der Waals surface area contributed by atoms with Crippen LogP contribution in [0.15, 0.2) is 39.8 Å². The highest BCUT2D eigenvalue weighted by Gasteiger charge is 2.13. The lowest BCUT2D eigenvalue weighted by molar-refractivity contribution is 0.529. The predicted octanol–water partition coefficient (Wildman–Crippen LogP) is 2.69. The molecule has 5 nitrogen and oxygen atoms in total. The van der Waals surface area contributed by atoms with Gasteiger partial charge in [-0.05, 0) is 23.8 Å². The Kier molecular flexibility index (Phi) is 3.00. The fraction of sp³-hybridized carbons (Fsp3) is 0.0833. The topological polar surface area (TPSA) is 60.9 Å². The van der Waals surface area contributed by atoms with Crippen LogP contribution in [-0.4, -0.2) is 14.5 Å². The minimum absolute atomic E-state index is 0.261. The third kappa shape index (κ3) is 2.34. The number of halogens is 2. The minimum Gasteiger partial charge on any atom is -0.405 e. The molecule has 0 atom stereocenters. The van der Waals surface area contributed by atoms with E-state index in [0.717, 1.165) is 5.56 Å². The number of pyridine rings is 2. The standard InChI is InChI=1S/C12H7Cl2N3O2/c13-8-4-7(5-15-10(8)14)6-17-3-1-2-9-11(17)16-12(18)19-9/h1-5H,6H2. The molecular weight excluding hydrogens is 289 g/mol. The second-order valence-corrected chi connectivity index (χ2v) is 4.69. The molecule has 0 saturated carbocycles. The molecule has 1 aromatic rings. The van der Waals surface area contributed by atoms with E-state index in [1.54, 1.807) is 35.2 Å². The van der Waals surface area contributed by atoms with Gasteiger partial charge in [0, 0.05) is 12.4 Å². The molecule has 0 aliphatic carbocycles. The van der Waals surface area contributed by atoms with Gasteiger partial charge in [0.1, 0.15) is 5.15 Å². The Balaban J connectivity index is 2.01. The van der Waals surface area contributed by atoms with E-state index in [-0.39, 0.29) is 5.15 Å². The number of rotatable bonds is 2. The number of nitrogens with zero attached hydrogens (tertiary/aromatic N) is 3. The third-order valence-electron chi connectivity index (χ3n) is 2.61. The van der Waals surface area contributed by atoms with Crippen molar-refractivity contribution in [3.8, 4) is 11.6 Å². The van der Waals surface area contributed by atoms with Crippen molar-refractivity contribution in [2.45, 2.75) is 6.54 Å². The molecule has 0 unspecified atom stereocenters. The van der Waals surface area contributed by atoms with Crippen LogP contribution >= 0.6 is 23.2 Å². The molecule has 2 aliphatic heterocycles. The summed E-state index contributed by atoms with van der Waals surface area (Å²) in [6, 6.07) is 5.19. The van der Waals surface area contributed by atoms with Gasteiger partial charge in [0.05, 0.1) is 11.6 Å². The highest BCUT2D eigenvalue weighted by Crippen LogP contribution is 2.22. The van der Waals surface area contributed by atoms with E-state index in [0.29, 0.717) is 23.2 Å². The van der Waals surface area contributed by atoms with Gasteiger partial charge in [-0.1, -0.05) is 23.2 Å². The van der Waals surface area contributed by atoms with Crippen molar-refractivity contribution in [1.29, 1.82) is 0 Å². The molecule has 3 rings (SSSR count). The maximum Gasteiger partial charge on any atom is 0.441 e. The van der Waals surface area contributed by atoms with E-state index in [1.165, 1.54) is 0 Å². The Morgan fingerprint density at radius 3 is 3.00 bits per heavy atom. The summed E-state index contributed by atoms with van der Waals surface area (Å²) in [5.41, 5.74) is 0.849. The molecule has 0 spiro atoms. The van der Waals surface area contributed by atoms with Crippen LogP contribution in [0.3, 0.4) is 0 Å². The molecule has 0 saturated heterocycles. The van der Waals surface area contributed by atoms with Crippen LogP contribution in [0, 0.1) is 0 Å². The fourth-order valence-electron chi connectivity index (χ4n) is 1.79. The zero-order chi connectivity index (χ0) is 13.4. The van der Waals surface area contributed by atoms with Crippen LogP contribution in [0.25, 0.3) is 11.6 Å². The SMILES string of the molecule is O=c1nc2n(Cc3cnc(Cl)c(Cl)c3)cccc-2o1. The first kappa shape index (κ1) is 12.2. The Morgan fingerprint density at radius 1 is 1.37 bits per heavy atom. The summed E-state index contributed by atoms with van der Waals surface area (Å²) < 4.78 is 6.72. The van der Waals surface area contributed by atoms with Gasteiger partial charge in [-0.3, -0.25) is 0 Å². The Morgan fingerprint density at radius 2 is 2.21 bits per heavy atom. The molecular formula is C12H7Cl2N3O2. The summed E-state index contributed by atoms with van der Waals surface area (Å²) in [4.78, 5) is 18.9. The number of fused-ring (bicyclic) bond motifs is 1. The second kappa shape index (κ2) is 4.68. The fourth-order valence-corrected chi connectivity index (χ4v) is 2.09. The average molecular weight is 296 g/mol. The number of oxazole rings is 1. The molecule has 96 valence electrons. The second-order valence-electron chi connectivity index (χ2n) is 3.92. The smallest absolute Gasteiger partial charge is 0.405 e. The summed E-state index contributed by atoms with van der Waals surface area (Å²) in [6.07, 6.45) is 3.42. The van der Waals surface area contributed by atoms with Crippen molar-refractivity contribution in [3.05, 3.63) is 56.9 Å². The van der Waals surface area contributed by atoms with E-state index < -0.39 is 5.76 Å². The minimum atomic E-state index is -0.609. The summed E-state index contributed by atoms with van der Waals surface area (Å²) in [6.45, 7) is 0.465. The van der Waals surface area contributed by atoms with Crippen LogP contribution in [0.1, 0.15) is 5.56 Å². The normalized spacial score (nSPS) is 11.1. The number of hydrogen-bond acceptors (Lipinski definition) is 4. The Hall–Kier alpha value is -1.85. The number of aromatic nitrogens is 3. The van der Waals surface area contributed by atoms with Gasteiger partial charge in [0.2, 0.25) is 0 Å². The first-order valence-corrected chi connectivity index (χ1v) is 6.15. The number of hydrogen-bond donors (Lipinski definition) is 0. The van der Waals surface area contributed by atoms with E-state index in [4.69, 9.17) is 27.6 Å². The Labute approximate surface area is 117 Å². The van der Waals surface area contributed by atoms with Crippen LogP contribution in [-0.2, 0) is 6.54 Å². The lowest BCUT2D eigenvalue weighted by atomic mass is 10.2. The van der Waals surface area contributed by atoms with Crippen LogP contribution in [0.4, 0.5) is 0 Å². The Bertz CT molecular complexity index is 766. The molecule has 0 radical (unpaired) electrons. The molecule has 0 fully saturated rings. The molecule has 1 aromatic heterocycles. The third-order valence-corrected chi connectivity index (χ3v) is 3.29. The van der Waals surface area contributed by atoms with E-state index in [9.17, 15) is 4.79 Å². The molecule has 0 aromatic carbocycles. The van der Waals surface area contributed by atoms with Gasteiger partial charge in [0.25, 0.3) is 0 Å². The summed E-state index contributed by atoms with van der Waals surface area (Å²) in [5, 5.41) is 0.647. The monoisotopic (exact) mass is 295 g/mol. The van der Waals surface area contributed by atoms with Crippen LogP contribution < -0.4 is 5.76 Å². The molecule has 19 heavy (non-hydrogen) atoms. The molecule has 7 heteroatoms. The quantitative estimate of drug-likeness (QED) is 0.682. The zero-order valence-corrected chi connectivity index (χ0v) is 11.0. The van der Waals surface area contributed by atoms with Gasteiger partial charge in [-0.2, -0.15) is 4.98 Å². The lowest BCUT2D eigenvalue weighted by Gasteiger charge is -2.09. The molecule has 0 bridgehead atoms. The molecule has 2 aliphatic rings. The van der Waals surface area contributed by atoms with Crippen molar-refractivity contribution in [3.63, 3.8) is 0 Å². The van der Waals surface area contributed by atoms with Gasteiger partial charge < -0.3 is 8.98 Å². The van der Waals surface area contributed by atoms with Gasteiger partial charge in [0.15, 0.2) is 11.6 Å². The molecule has 0 N–H and O–H groups in total. The largest absolute Gasteiger partial charge is 0.441 e. The molecule has 3 heterocycles. The van der Waals surface area contributed by atoms with E-state index in [2.05, 4.69) is 9.97 Å². The maximum atomic E-state index is 11.2. The van der Waals surface area contributed by atoms with Crippen molar-refractivity contribution >= 4 is 23.2 Å². The van der Waals surface area contributed by atoms with E-state index in [1.807, 2.05) is 0 Å². The summed E-state index contributed by atoms with van der Waals surface area (Å²) in [5.74, 6) is 0.321. The summed E-state index contributed by atoms with van der Waals surface area (Å²) in [7, 11) is 0. The van der Waals surface area contributed by atoms with Crippen molar-refractivity contribution < 1.29 is 4.42 Å². The first-order chi connectivity index (χ1) is 9.13. The first-order valence-electron chi connectivity index (χ1n) is 5.39. The van der Waals surface area contributed by atoms with Crippen molar-refractivity contribution in [2.75, 3.05) is 0 Å². The van der Waals surface area contributed by atoms with Gasteiger partial charge in [-0.25, -0.2) is 9.78 Å². The van der Waals surface area contributed by atoms with Crippen LogP contribution in [0.5, 0.6) is 0 Å². The predicted molar refractivity (Wildman–Crippen MR) is 70.7 cm³/mol. The lowest BCUT2D eigenvalue weighted by Crippen LogP contribution is -2.06. The van der Waals surface area contributed by atoms with E-state index >= 15 is 0 Å². The van der Waals surface area contributed by atoms with Gasteiger partial charge in [-0.15, -0.1) is 0 Å². The highest BCUT2D eigenvalue weighted by molar-refractivity contribution is 6.41. The van der Waals surface area contributed by atoms with Crippen LogP contribution in [0.2, 0.25) is 10.2 Å². The molecule has 0 amide bonds. The average Bonchev–Trinajstić information content (AvgIpc) is 2.75. The highest BCUT2D eigenvalue weighted by atomic mass is 35.5. The summed E-state index contributed by atoms with van der Waals surface area (Å²) >= 11 is 11.7. The van der Waals surface area contributed by atoms with Crippen molar-refractivity contribution in [1.82, 2.24) is 14.5 Å². The maximum absolute atomic E-state index is 11.2.